The van der Waals surface area contributed by atoms with Crippen molar-refractivity contribution in [1.29, 1.82) is 0 Å². The largest absolute Gasteiger partial charge is 0.394 e. The molecule has 118 valence electrons. The lowest BCUT2D eigenvalue weighted by Gasteiger charge is -2.35. The maximum absolute atomic E-state index is 12.6. The lowest BCUT2D eigenvalue weighted by atomic mass is 10.2. The van der Waals surface area contributed by atoms with E-state index in [1.54, 1.807) is 31.2 Å². The summed E-state index contributed by atoms with van der Waals surface area (Å²) in [6.07, 6.45) is -0.698. The van der Waals surface area contributed by atoms with E-state index in [0.29, 0.717) is 6.54 Å². The predicted octanol–water partition coefficient (Wildman–Crippen LogP) is 0.889. The molecule has 2 rings (SSSR count). The molecule has 6 nitrogen and oxygen atoms in total. The molecule has 1 aliphatic rings. The van der Waals surface area contributed by atoms with Crippen molar-refractivity contribution in [3.8, 4) is 0 Å². The van der Waals surface area contributed by atoms with Crippen molar-refractivity contribution >= 4 is 15.7 Å². The number of rotatable bonds is 5. The first-order valence-electron chi connectivity index (χ1n) is 7.07. The lowest BCUT2D eigenvalue weighted by Crippen LogP contribution is -2.50. The van der Waals surface area contributed by atoms with E-state index in [1.165, 1.54) is 4.31 Å². The molecular weight excluding hydrogens is 292 g/mol. The Hall–Kier alpha value is -1.15. The van der Waals surface area contributed by atoms with Crippen LogP contribution in [0, 0.1) is 0 Å². The molecule has 2 unspecified atom stereocenters. The molecule has 1 aromatic rings. The molecule has 2 N–H and O–H groups in total. The summed E-state index contributed by atoms with van der Waals surface area (Å²) in [4.78, 5) is 0.259. The Bertz CT molecular complexity index is 559. The van der Waals surface area contributed by atoms with Crippen LogP contribution in [0.25, 0.3) is 0 Å². The molecule has 0 aliphatic carbocycles. The van der Waals surface area contributed by atoms with Gasteiger partial charge in [0.15, 0.2) is 0 Å². The van der Waals surface area contributed by atoms with E-state index >= 15 is 0 Å². The maximum Gasteiger partial charge on any atom is 0.243 e. The number of ether oxygens (including phenoxy) is 1. The third-order valence-corrected chi connectivity index (χ3v) is 5.22. The Balaban J connectivity index is 2.20. The molecule has 1 heterocycles. The molecule has 0 aromatic heterocycles. The number of hydrogen-bond acceptors (Lipinski definition) is 5. The van der Waals surface area contributed by atoms with E-state index in [4.69, 9.17) is 4.74 Å². The van der Waals surface area contributed by atoms with E-state index in [0.717, 1.165) is 12.2 Å². The van der Waals surface area contributed by atoms with Crippen LogP contribution in [-0.4, -0.2) is 56.3 Å². The van der Waals surface area contributed by atoms with Gasteiger partial charge in [0.1, 0.15) is 0 Å². The highest BCUT2D eigenvalue weighted by molar-refractivity contribution is 7.89. The van der Waals surface area contributed by atoms with E-state index in [9.17, 15) is 13.5 Å². The number of aliphatic hydroxyl groups is 1. The topological polar surface area (TPSA) is 78.9 Å². The zero-order chi connectivity index (χ0) is 15.5. The number of hydrogen-bond donors (Lipinski definition) is 2. The molecule has 0 saturated carbocycles. The monoisotopic (exact) mass is 314 g/mol. The second-order valence-corrected chi connectivity index (χ2v) is 7.07. The van der Waals surface area contributed by atoms with Gasteiger partial charge >= 0.3 is 0 Å². The minimum Gasteiger partial charge on any atom is -0.394 e. The van der Waals surface area contributed by atoms with Gasteiger partial charge in [-0.2, -0.15) is 4.31 Å². The highest BCUT2D eigenvalue weighted by Gasteiger charge is 2.33. The normalized spacial score (nSPS) is 24.0. The summed E-state index contributed by atoms with van der Waals surface area (Å²) < 4.78 is 32.1. The van der Waals surface area contributed by atoms with Gasteiger partial charge in [0, 0.05) is 25.3 Å². The van der Waals surface area contributed by atoms with Gasteiger partial charge in [-0.1, -0.05) is 0 Å². The Morgan fingerprint density at radius 2 is 2.00 bits per heavy atom. The fourth-order valence-electron chi connectivity index (χ4n) is 2.40. The predicted molar refractivity (Wildman–Crippen MR) is 80.8 cm³/mol. The summed E-state index contributed by atoms with van der Waals surface area (Å²) in [6.45, 7) is 4.86. The summed E-state index contributed by atoms with van der Waals surface area (Å²) in [5.41, 5.74) is 0.889. The van der Waals surface area contributed by atoms with Crippen LogP contribution in [0.15, 0.2) is 29.2 Å². The summed E-state index contributed by atoms with van der Waals surface area (Å²) >= 11 is 0. The van der Waals surface area contributed by atoms with Crippen LogP contribution < -0.4 is 5.32 Å². The molecule has 1 aliphatic heterocycles. The van der Waals surface area contributed by atoms with Gasteiger partial charge in [-0.15, -0.1) is 0 Å². The molecule has 21 heavy (non-hydrogen) atoms. The third kappa shape index (κ3) is 3.74. The minimum absolute atomic E-state index is 0.179. The molecule has 0 radical (unpaired) electrons. The van der Waals surface area contributed by atoms with Crippen LogP contribution in [0.5, 0.6) is 0 Å². The van der Waals surface area contributed by atoms with Gasteiger partial charge in [-0.25, -0.2) is 8.42 Å². The van der Waals surface area contributed by atoms with Crippen LogP contribution in [0.3, 0.4) is 0 Å². The molecule has 7 heteroatoms. The Morgan fingerprint density at radius 1 is 1.33 bits per heavy atom. The molecule has 1 saturated heterocycles. The number of nitrogens with zero attached hydrogens (tertiary/aromatic N) is 1. The quantitative estimate of drug-likeness (QED) is 0.844. The summed E-state index contributed by atoms with van der Waals surface area (Å²) in [7, 11) is -3.56. The van der Waals surface area contributed by atoms with Gasteiger partial charge in [-0.3, -0.25) is 0 Å². The third-order valence-electron chi connectivity index (χ3n) is 3.37. The van der Waals surface area contributed by atoms with Gasteiger partial charge in [-0.05, 0) is 38.1 Å². The zero-order valence-electron chi connectivity index (χ0n) is 12.3. The van der Waals surface area contributed by atoms with E-state index in [1.807, 2.05) is 6.92 Å². The number of anilines is 1. The number of nitrogens with one attached hydrogen (secondary N) is 1. The molecule has 0 amide bonds. The van der Waals surface area contributed by atoms with Gasteiger partial charge in [0.2, 0.25) is 10.0 Å². The smallest absolute Gasteiger partial charge is 0.243 e. The molecular formula is C14H22N2O4S. The van der Waals surface area contributed by atoms with Crippen molar-refractivity contribution < 1.29 is 18.3 Å². The molecule has 1 fully saturated rings. The number of aliphatic hydroxyl groups excluding tert-OH is 1. The average Bonchev–Trinajstić information content (AvgIpc) is 2.47. The van der Waals surface area contributed by atoms with Gasteiger partial charge in [0.25, 0.3) is 0 Å². The Morgan fingerprint density at radius 3 is 2.57 bits per heavy atom. The van der Waals surface area contributed by atoms with Crippen molar-refractivity contribution in [2.24, 2.45) is 0 Å². The second-order valence-electron chi connectivity index (χ2n) is 5.13. The van der Waals surface area contributed by atoms with Gasteiger partial charge < -0.3 is 15.2 Å². The maximum atomic E-state index is 12.6. The van der Waals surface area contributed by atoms with E-state index < -0.39 is 16.1 Å². The number of morpholine rings is 1. The summed E-state index contributed by atoms with van der Waals surface area (Å²) in [6, 6.07) is 6.70. The minimum atomic E-state index is -3.56. The molecule has 1 aromatic carbocycles. The zero-order valence-corrected chi connectivity index (χ0v) is 13.1. The number of sulfonamides is 1. The van der Waals surface area contributed by atoms with Crippen LogP contribution in [0.2, 0.25) is 0 Å². The first kappa shape index (κ1) is 16.2. The van der Waals surface area contributed by atoms with Crippen molar-refractivity contribution in [3.63, 3.8) is 0 Å². The van der Waals surface area contributed by atoms with Crippen LogP contribution in [0.1, 0.15) is 13.8 Å². The first-order chi connectivity index (χ1) is 9.97. The number of benzene rings is 1. The first-order valence-corrected chi connectivity index (χ1v) is 8.51. The van der Waals surface area contributed by atoms with Crippen molar-refractivity contribution in [1.82, 2.24) is 4.31 Å². The lowest BCUT2D eigenvalue weighted by molar-refractivity contribution is -0.0750. The Kier molecular flexibility index (Phi) is 5.21. The fraction of sp³-hybridized carbons (Fsp3) is 0.571. The SMILES string of the molecule is CCNc1ccc(S(=O)(=O)N2CC(C)OC(CO)C2)cc1. The summed E-state index contributed by atoms with van der Waals surface area (Å²) in [5.74, 6) is 0. The average molecular weight is 314 g/mol. The second kappa shape index (κ2) is 6.74. The molecule has 0 spiro atoms. The van der Waals surface area contributed by atoms with E-state index in [-0.39, 0.29) is 24.2 Å². The van der Waals surface area contributed by atoms with Crippen LogP contribution in [-0.2, 0) is 14.8 Å². The molecule has 2 atom stereocenters. The van der Waals surface area contributed by atoms with E-state index in [2.05, 4.69) is 5.32 Å². The van der Waals surface area contributed by atoms with Crippen LogP contribution >= 0.6 is 0 Å². The fourth-order valence-corrected chi connectivity index (χ4v) is 3.94. The van der Waals surface area contributed by atoms with Crippen molar-refractivity contribution in [2.75, 3.05) is 31.6 Å². The van der Waals surface area contributed by atoms with Crippen molar-refractivity contribution in [3.05, 3.63) is 24.3 Å². The highest BCUT2D eigenvalue weighted by Crippen LogP contribution is 2.22. The molecule has 0 bridgehead atoms. The highest BCUT2D eigenvalue weighted by atomic mass is 32.2. The van der Waals surface area contributed by atoms with Crippen molar-refractivity contribution in [2.45, 2.75) is 31.0 Å². The van der Waals surface area contributed by atoms with Crippen LogP contribution in [0.4, 0.5) is 5.69 Å². The standard InChI is InChI=1S/C14H22N2O4S/c1-3-15-12-4-6-14(7-5-12)21(18,19)16-8-11(2)20-13(9-16)10-17/h4-7,11,13,15,17H,3,8-10H2,1-2H3. The summed E-state index contributed by atoms with van der Waals surface area (Å²) in [5, 5.41) is 12.3. The Labute approximate surface area is 125 Å². The van der Waals surface area contributed by atoms with Gasteiger partial charge in [0.05, 0.1) is 23.7 Å².